The number of halogens is 2. The molecule has 0 aromatic heterocycles. The Morgan fingerprint density at radius 3 is 2.24 bits per heavy atom. The van der Waals surface area contributed by atoms with E-state index in [-0.39, 0.29) is 12.4 Å². The van der Waals surface area contributed by atoms with Gasteiger partial charge in [-0.2, -0.15) is 0 Å². The molecular formula is C12H16F2O3. The zero-order chi connectivity index (χ0) is 12.5. The molecule has 5 heteroatoms. The van der Waals surface area contributed by atoms with E-state index in [1.54, 1.807) is 0 Å². The lowest BCUT2D eigenvalue weighted by molar-refractivity contribution is 0.104. The number of hydrogen-bond acceptors (Lipinski definition) is 3. The van der Waals surface area contributed by atoms with Crippen molar-refractivity contribution in [2.45, 2.75) is 12.8 Å². The van der Waals surface area contributed by atoms with E-state index in [9.17, 15) is 8.78 Å². The van der Waals surface area contributed by atoms with Crippen LogP contribution in [0.25, 0.3) is 0 Å². The minimum Gasteiger partial charge on any atom is -0.493 e. The smallest absolute Gasteiger partial charge is 0.129 e. The minimum atomic E-state index is -0.654. The molecule has 0 aliphatic rings. The van der Waals surface area contributed by atoms with Crippen molar-refractivity contribution in [1.29, 1.82) is 0 Å². The van der Waals surface area contributed by atoms with Crippen molar-refractivity contribution in [3.05, 3.63) is 29.8 Å². The van der Waals surface area contributed by atoms with Crippen LogP contribution in [0.15, 0.2) is 18.2 Å². The lowest BCUT2D eigenvalue weighted by Gasteiger charge is -2.07. The van der Waals surface area contributed by atoms with Crippen LogP contribution in [-0.2, 0) is 4.74 Å². The molecule has 0 saturated carbocycles. The molecule has 1 N–H and O–H groups in total. The van der Waals surface area contributed by atoms with Gasteiger partial charge in [-0.15, -0.1) is 0 Å². The van der Waals surface area contributed by atoms with E-state index in [0.29, 0.717) is 32.7 Å². The van der Waals surface area contributed by atoms with E-state index in [1.165, 1.54) is 0 Å². The first-order valence-corrected chi connectivity index (χ1v) is 5.50. The highest BCUT2D eigenvalue weighted by Gasteiger charge is 2.01. The van der Waals surface area contributed by atoms with Crippen molar-refractivity contribution < 1.29 is 23.4 Å². The van der Waals surface area contributed by atoms with Gasteiger partial charge in [0, 0.05) is 44.4 Å². The van der Waals surface area contributed by atoms with Crippen molar-refractivity contribution in [1.82, 2.24) is 0 Å². The first-order valence-electron chi connectivity index (χ1n) is 5.50. The number of ether oxygens (including phenoxy) is 2. The molecule has 3 nitrogen and oxygen atoms in total. The van der Waals surface area contributed by atoms with Gasteiger partial charge in [0.2, 0.25) is 0 Å². The van der Waals surface area contributed by atoms with Crippen LogP contribution in [0.5, 0.6) is 5.75 Å². The molecule has 0 aliphatic heterocycles. The summed E-state index contributed by atoms with van der Waals surface area (Å²) in [4.78, 5) is 0. The summed E-state index contributed by atoms with van der Waals surface area (Å²) in [5.74, 6) is -1.13. The monoisotopic (exact) mass is 246 g/mol. The third-order valence-electron chi connectivity index (χ3n) is 1.98. The highest BCUT2D eigenvalue weighted by molar-refractivity contribution is 5.23. The number of aliphatic hydroxyl groups is 1. The van der Waals surface area contributed by atoms with Gasteiger partial charge in [0.15, 0.2) is 0 Å². The average Bonchev–Trinajstić information content (AvgIpc) is 2.26. The van der Waals surface area contributed by atoms with Gasteiger partial charge in [0.25, 0.3) is 0 Å². The fourth-order valence-electron chi connectivity index (χ4n) is 1.23. The highest BCUT2D eigenvalue weighted by atomic mass is 19.1. The highest BCUT2D eigenvalue weighted by Crippen LogP contribution is 2.15. The normalized spacial score (nSPS) is 10.5. The van der Waals surface area contributed by atoms with Gasteiger partial charge in [0.05, 0.1) is 6.61 Å². The second-order valence-corrected chi connectivity index (χ2v) is 3.50. The Morgan fingerprint density at radius 1 is 0.941 bits per heavy atom. The summed E-state index contributed by atoms with van der Waals surface area (Å²) in [5.41, 5.74) is 0. The Morgan fingerprint density at radius 2 is 1.59 bits per heavy atom. The third-order valence-corrected chi connectivity index (χ3v) is 1.98. The van der Waals surface area contributed by atoms with Gasteiger partial charge in [-0.25, -0.2) is 8.78 Å². The Labute approximate surface area is 99.0 Å². The number of rotatable bonds is 8. The van der Waals surface area contributed by atoms with Crippen LogP contribution in [0, 0.1) is 11.6 Å². The predicted molar refractivity (Wildman–Crippen MR) is 59.0 cm³/mol. The van der Waals surface area contributed by atoms with Crippen LogP contribution in [0.1, 0.15) is 12.8 Å². The summed E-state index contributed by atoms with van der Waals surface area (Å²) in [6.45, 7) is 1.45. The largest absolute Gasteiger partial charge is 0.493 e. The second kappa shape index (κ2) is 7.97. The first kappa shape index (κ1) is 13.9. The van der Waals surface area contributed by atoms with Crippen LogP contribution < -0.4 is 4.74 Å². The maximum atomic E-state index is 12.8. The molecule has 0 aliphatic carbocycles. The second-order valence-electron chi connectivity index (χ2n) is 3.50. The third kappa shape index (κ3) is 6.19. The number of benzene rings is 1. The molecule has 0 amide bonds. The molecule has 0 fully saturated rings. The summed E-state index contributed by atoms with van der Waals surface area (Å²) in [6, 6.07) is 3.07. The van der Waals surface area contributed by atoms with Gasteiger partial charge in [-0.05, 0) is 6.42 Å². The van der Waals surface area contributed by atoms with Gasteiger partial charge in [0.1, 0.15) is 17.4 Å². The Hall–Kier alpha value is -1.20. The van der Waals surface area contributed by atoms with Crippen LogP contribution >= 0.6 is 0 Å². The van der Waals surface area contributed by atoms with Crippen molar-refractivity contribution in [2.75, 3.05) is 26.4 Å². The van der Waals surface area contributed by atoms with E-state index >= 15 is 0 Å². The van der Waals surface area contributed by atoms with Gasteiger partial charge in [-0.3, -0.25) is 0 Å². The average molecular weight is 246 g/mol. The molecule has 1 aromatic rings. The summed E-state index contributed by atoms with van der Waals surface area (Å²) < 4.78 is 35.9. The summed E-state index contributed by atoms with van der Waals surface area (Å²) in [6.07, 6.45) is 1.24. The van der Waals surface area contributed by atoms with E-state index in [4.69, 9.17) is 14.6 Å². The molecule has 0 spiro atoms. The molecule has 0 heterocycles. The molecule has 0 saturated heterocycles. The van der Waals surface area contributed by atoms with Gasteiger partial charge >= 0.3 is 0 Å². The van der Waals surface area contributed by atoms with Crippen LogP contribution in [0.4, 0.5) is 8.78 Å². The molecule has 0 bridgehead atoms. The quantitative estimate of drug-likeness (QED) is 0.714. The van der Waals surface area contributed by atoms with Crippen molar-refractivity contribution in [3.63, 3.8) is 0 Å². The fourth-order valence-corrected chi connectivity index (χ4v) is 1.23. The lowest BCUT2D eigenvalue weighted by atomic mass is 10.3. The Balaban J connectivity index is 2.13. The topological polar surface area (TPSA) is 38.7 Å². The number of aliphatic hydroxyl groups excluding tert-OH is 1. The Kier molecular flexibility index (Phi) is 6.50. The standard InChI is InChI=1S/C12H16F2O3/c13-10-7-11(14)9-12(8-10)17-6-2-5-16-4-1-3-15/h7-9,15H,1-6H2. The minimum absolute atomic E-state index is 0.110. The maximum absolute atomic E-state index is 12.8. The van der Waals surface area contributed by atoms with E-state index in [2.05, 4.69) is 0 Å². The molecular weight excluding hydrogens is 230 g/mol. The molecule has 1 aromatic carbocycles. The predicted octanol–water partition coefficient (Wildman–Crippen LogP) is 2.13. The van der Waals surface area contributed by atoms with Crippen LogP contribution in [0.3, 0.4) is 0 Å². The lowest BCUT2D eigenvalue weighted by Crippen LogP contribution is -2.05. The summed E-state index contributed by atoms with van der Waals surface area (Å²) in [5, 5.41) is 8.49. The zero-order valence-electron chi connectivity index (χ0n) is 9.49. The van der Waals surface area contributed by atoms with Gasteiger partial charge in [-0.1, -0.05) is 0 Å². The summed E-state index contributed by atoms with van der Waals surface area (Å²) in [7, 11) is 0. The fraction of sp³-hybridized carbons (Fsp3) is 0.500. The summed E-state index contributed by atoms with van der Waals surface area (Å²) >= 11 is 0. The molecule has 17 heavy (non-hydrogen) atoms. The molecule has 0 unspecified atom stereocenters. The van der Waals surface area contributed by atoms with Crippen LogP contribution in [-0.4, -0.2) is 31.5 Å². The molecule has 0 radical (unpaired) electrons. The van der Waals surface area contributed by atoms with Crippen molar-refractivity contribution >= 4 is 0 Å². The molecule has 1 rings (SSSR count). The van der Waals surface area contributed by atoms with E-state index in [0.717, 1.165) is 18.2 Å². The van der Waals surface area contributed by atoms with E-state index in [1.807, 2.05) is 0 Å². The molecule has 96 valence electrons. The number of hydrogen-bond donors (Lipinski definition) is 1. The first-order chi connectivity index (χ1) is 8.22. The molecule has 0 atom stereocenters. The van der Waals surface area contributed by atoms with Crippen molar-refractivity contribution in [3.8, 4) is 5.75 Å². The Bertz CT molecular complexity index is 311. The van der Waals surface area contributed by atoms with Gasteiger partial charge < -0.3 is 14.6 Å². The van der Waals surface area contributed by atoms with Crippen molar-refractivity contribution in [2.24, 2.45) is 0 Å². The van der Waals surface area contributed by atoms with Crippen LogP contribution in [0.2, 0.25) is 0 Å². The SMILES string of the molecule is OCCCOCCCOc1cc(F)cc(F)c1. The zero-order valence-corrected chi connectivity index (χ0v) is 9.49. The van der Waals surface area contributed by atoms with E-state index < -0.39 is 11.6 Å². The maximum Gasteiger partial charge on any atom is 0.129 e.